The minimum absolute atomic E-state index is 0.0555. The first kappa shape index (κ1) is 13.8. The van der Waals surface area contributed by atoms with E-state index in [2.05, 4.69) is 10.5 Å². The molecule has 2 heterocycles. The van der Waals surface area contributed by atoms with Crippen LogP contribution in [0.2, 0.25) is 0 Å². The molecule has 1 saturated heterocycles. The summed E-state index contributed by atoms with van der Waals surface area (Å²) in [4.78, 5) is 10.8. The molecule has 0 aliphatic carbocycles. The molecule has 0 aromatic carbocycles. The van der Waals surface area contributed by atoms with Crippen molar-refractivity contribution in [2.24, 2.45) is 0 Å². The summed E-state index contributed by atoms with van der Waals surface area (Å²) < 4.78 is 6.93. The van der Waals surface area contributed by atoms with E-state index >= 15 is 0 Å². The second kappa shape index (κ2) is 5.98. The van der Waals surface area contributed by atoms with Gasteiger partial charge in [-0.15, -0.1) is 0 Å². The molecule has 0 spiro atoms. The van der Waals surface area contributed by atoms with Gasteiger partial charge in [0.1, 0.15) is 5.69 Å². The van der Waals surface area contributed by atoms with E-state index in [1.807, 2.05) is 11.9 Å². The monoisotopic (exact) mass is 269 g/mol. The number of rotatable bonds is 5. The zero-order valence-electron chi connectivity index (χ0n) is 11.3. The van der Waals surface area contributed by atoms with Crippen molar-refractivity contribution in [1.82, 2.24) is 14.8 Å². The van der Waals surface area contributed by atoms with Gasteiger partial charge in [0.2, 0.25) is 5.82 Å². The highest BCUT2D eigenvalue weighted by Gasteiger charge is 2.26. The molecule has 8 heteroatoms. The predicted molar refractivity (Wildman–Crippen MR) is 69.9 cm³/mol. The Kier molecular flexibility index (Phi) is 4.33. The number of nitrogens with one attached hydrogen (secondary N) is 1. The summed E-state index contributed by atoms with van der Waals surface area (Å²) in [6.45, 7) is 6.99. The van der Waals surface area contributed by atoms with Crippen LogP contribution in [0.4, 0.5) is 11.5 Å². The first-order valence-corrected chi connectivity index (χ1v) is 6.44. The molecule has 1 N–H and O–H groups in total. The highest BCUT2D eigenvalue weighted by atomic mass is 16.6. The van der Waals surface area contributed by atoms with Gasteiger partial charge in [0.05, 0.1) is 18.1 Å². The van der Waals surface area contributed by atoms with Crippen LogP contribution in [0.15, 0.2) is 0 Å². The summed E-state index contributed by atoms with van der Waals surface area (Å²) in [5.41, 5.74) is 3.61. The van der Waals surface area contributed by atoms with Gasteiger partial charge in [0.15, 0.2) is 0 Å². The van der Waals surface area contributed by atoms with Crippen molar-refractivity contribution in [1.29, 1.82) is 0 Å². The SMILES string of the molecule is CCCn1nc(C)c([N+](=O)[O-])c1NN1CCOCC1. The fraction of sp³-hybridized carbons (Fsp3) is 0.727. The molecule has 1 aromatic heterocycles. The van der Waals surface area contributed by atoms with E-state index in [0.29, 0.717) is 44.4 Å². The summed E-state index contributed by atoms with van der Waals surface area (Å²) in [5, 5.41) is 17.3. The summed E-state index contributed by atoms with van der Waals surface area (Å²) in [6.07, 6.45) is 0.871. The third-order valence-electron chi connectivity index (χ3n) is 2.99. The molecule has 19 heavy (non-hydrogen) atoms. The van der Waals surface area contributed by atoms with Gasteiger partial charge in [-0.2, -0.15) is 5.10 Å². The Morgan fingerprint density at radius 3 is 2.74 bits per heavy atom. The number of hydrazine groups is 1. The van der Waals surface area contributed by atoms with Crippen LogP contribution in [-0.4, -0.2) is 46.0 Å². The number of hydrogen-bond acceptors (Lipinski definition) is 6. The van der Waals surface area contributed by atoms with Crippen LogP contribution in [0.25, 0.3) is 0 Å². The normalized spacial score (nSPS) is 16.5. The largest absolute Gasteiger partial charge is 0.379 e. The van der Waals surface area contributed by atoms with Gasteiger partial charge in [-0.25, -0.2) is 9.69 Å². The Morgan fingerprint density at radius 2 is 2.16 bits per heavy atom. The molecular formula is C11H19N5O3. The molecule has 0 amide bonds. The molecule has 0 saturated carbocycles. The van der Waals surface area contributed by atoms with E-state index in [1.165, 1.54) is 0 Å². The summed E-state index contributed by atoms with van der Waals surface area (Å²) in [5.74, 6) is 0.464. The Hall–Kier alpha value is -1.67. The fourth-order valence-corrected chi connectivity index (χ4v) is 2.10. The Balaban J connectivity index is 2.26. The van der Waals surface area contributed by atoms with Crippen LogP contribution in [-0.2, 0) is 11.3 Å². The number of nitrogens with zero attached hydrogens (tertiary/aromatic N) is 4. The third kappa shape index (κ3) is 3.02. The molecule has 1 aliphatic heterocycles. The number of anilines is 1. The highest BCUT2D eigenvalue weighted by Crippen LogP contribution is 2.28. The predicted octanol–water partition coefficient (Wildman–Crippen LogP) is 1.17. The highest BCUT2D eigenvalue weighted by molar-refractivity contribution is 5.59. The molecule has 2 rings (SSSR count). The average Bonchev–Trinajstić information content (AvgIpc) is 2.67. The van der Waals surface area contributed by atoms with E-state index < -0.39 is 0 Å². The number of aryl methyl sites for hydroxylation is 2. The smallest absolute Gasteiger partial charge is 0.335 e. The molecule has 106 valence electrons. The van der Waals surface area contributed by atoms with Crippen molar-refractivity contribution in [2.75, 3.05) is 31.7 Å². The Morgan fingerprint density at radius 1 is 1.47 bits per heavy atom. The van der Waals surface area contributed by atoms with Gasteiger partial charge in [-0.3, -0.25) is 15.5 Å². The summed E-state index contributed by atoms with van der Waals surface area (Å²) >= 11 is 0. The van der Waals surface area contributed by atoms with Gasteiger partial charge < -0.3 is 4.74 Å². The quantitative estimate of drug-likeness (QED) is 0.638. The molecular weight excluding hydrogens is 250 g/mol. The van der Waals surface area contributed by atoms with Crippen molar-refractivity contribution >= 4 is 11.5 Å². The maximum absolute atomic E-state index is 11.2. The molecule has 1 fully saturated rings. The second-order valence-electron chi connectivity index (χ2n) is 4.47. The lowest BCUT2D eigenvalue weighted by molar-refractivity contribution is -0.384. The fourth-order valence-electron chi connectivity index (χ4n) is 2.10. The molecule has 1 aliphatic rings. The second-order valence-corrected chi connectivity index (χ2v) is 4.47. The number of aromatic nitrogens is 2. The van der Waals surface area contributed by atoms with Crippen molar-refractivity contribution in [2.45, 2.75) is 26.8 Å². The number of nitro groups is 1. The molecule has 0 bridgehead atoms. The van der Waals surface area contributed by atoms with Crippen molar-refractivity contribution in [3.8, 4) is 0 Å². The van der Waals surface area contributed by atoms with Crippen LogP contribution in [0, 0.1) is 17.0 Å². The topological polar surface area (TPSA) is 85.5 Å². The lowest BCUT2D eigenvalue weighted by Gasteiger charge is -2.27. The zero-order valence-corrected chi connectivity index (χ0v) is 11.3. The Bertz CT molecular complexity index is 453. The van der Waals surface area contributed by atoms with E-state index in [4.69, 9.17) is 4.74 Å². The molecule has 8 nitrogen and oxygen atoms in total. The maximum Gasteiger partial charge on any atom is 0.335 e. The van der Waals surface area contributed by atoms with Crippen LogP contribution in [0.1, 0.15) is 19.0 Å². The van der Waals surface area contributed by atoms with E-state index in [0.717, 1.165) is 6.42 Å². The number of hydrogen-bond donors (Lipinski definition) is 1. The van der Waals surface area contributed by atoms with Gasteiger partial charge in [0, 0.05) is 19.6 Å². The van der Waals surface area contributed by atoms with Crippen molar-refractivity contribution < 1.29 is 9.66 Å². The first-order chi connectivity index (χ1) is 9.13. The number of ether oxygens (including phenoxy) is 1. The van der Waals surface area contributed by atoms with Crippen LogP contribution >= 0.6 is 0 Å². The summed E-state index contributed by atoms with van der Waals surface area (Å²) in [6, 6.07) is 0. The van der Waals surface area contributed by atoms with Crippen LogP contribution in [0.5, 0.6) is 0 Å². The molecule has 0 radical (unpaired) electrons. The standard InChI is InChI=1S/C11H19N5O3/c1-3-4-15-11(10(16(17)18)9(2)12-15)13-14-5-7-19-8-6-14/h13H,3-8H2,1-2H3. The summed E-state index contributed by atoms with van der Waals surface area (Å²) in [7, 11) is 0. The average molecular weight is 269 g/mol. The van der Waals surface area contributed by atoms with E-state index in [-0.39, 0.29) is 10.6 Å². The van der Waals surface area contributed by atoms with Gasteiger partial charge in [0.25, 0.3) is 0 Å². The van der Waals surface area contributed by atoms with Crippen molar-refractivity contribution in [3.63, 3.8) is 0 Å². The molecule has 0 atom stereocenters. The maximum atomic E-state index is 11.2. The Labute approximate surface area is 111 Å². The van der Waals surface area contributed by atoms with E-state index in [1.54, 1.807) is 11.6 Å². The van der Waals surface area contributed by atoms with E-state index in [9.17, 15) is 10.1 Å². The molecule has 0 unspecified atom stereocenters. The van der Waals surface area contributed by atoms with Crippen LogP contribution < -0.4 is 5.43 Å². The molecule has 1 aromatic rings. The van der Waals surface area contributed by atoms with Gasteiger partial charge in [-0.05, 0) is 13.3 Å². The van der Waals surface area contributed by atoms with Crippen molar-refractivity contribution in [3.05, 3.63) is 15.8 Å². The number of morpholine rings is 1. The minimum Gasteiger partial charge on any atom is -0.379 e. The minimum atomic E-state index is -0.378. The lowest BCUT2D eigenvalue weighted by Crippen LogP contribution is -2.41. The van der Waals surface area contributed by atoms with Gasteiger partial charge >= 0.3 is 5.69 Å². The van der Waals surface area contributed by atoms with Gasteiger partial charge in [-0.1, -0.05) is 6.92 Å². The van der Waals surface area contributed by atoms with Crippen LogP contribution in [0.3, 0.4) is 0 Å². The third-order valence-corrected chi connectivity index (χ3v) is 2.99. The lowest BCUT2D eigenvalue weighted by atomic mass is 10.4. The zero-order chi connectivity index (χ0) is 13.8. The first-order valence-electron chi connectivity index (χ1n) is 6.44.